The fourth-order valence-electron chi connectivity index (χ4n) is 3.73. The van der Waals surface area contributed by atoms with E-state index in [2.05, 4.69) is 47.6 Å². The first kappa shape index (κ1) is 22.6. The molecular weight excluding hydrogens is 464 g/mol. The number of carbonyl (C=O) groups excluding carboxylic acids is 2. The fourth-order valence-corrected chi connectivity index (χ4v) is 4.45. The summed E-state index contributed by atoms with van der Waals surface area (Å²) in [7, 11) is 1.30. The van der Waals surface area contributed by atoms with E-state index in [1.54, 1.807) is 28.8 Å². The van der Waals surface area contributed by atoms with Crippen molar-refractivity contribution in [2.24, 2.45) is 0 Å². The van der Waals surface area contributed by atoms with E-state index in [4.69, 9.17) is 9.84 Å². The molecule has 0 saturated carbocycles. The van der Waals surface area contributed by atoms with Gasteiger partial charge in [0, 0.05) is 18.0 Å². The molecule has 35 heavy (non-hydrogen) atoms. The van der Waals surface area contributed by atoms with Crippen LogP contribution in [0.15, 0.2) is 66.1 Å². The van der Waals surface area contributed by atoms with E-state index in [9.17, 15) is 9.59 Å². The van der Waals surface area contributed by atoms with E-state index in [1.165, 1.54) is 30.0 Å². The number of carbonyl (C=O) groups is 2. The van der Waals surface area contributed by atoms with Gasteiger partial charge < -0.3 is 10.1 Å². The highest BCUT2D eigenvalue weighted by Gasteiger charge is 2.16. The van der Waals surface area contributed by atoms with Crippen LogP contribution in [0.5, 0.6) is 0 Å². The Morgan fingerprint density at radius 3 is 2.66 bits per heavy atom. The average molecular weight is 487 g/mol. The molecule has 10 heteroatoms. The first-order chi connectivity index (χ1) is 16.9. The highest BCUT2D eigenvalue weighted by molar-refractivity contribution is 7.99. The first-order valence-corrected chi connectivity index (χ1v) is 11.8. The zero-order valence-electron chi connectivity index (χ0n) is 19.3. The number of anilines is 1. The molecule has 5 rings (SSSR count). The van der Waals surface area contributed by atoms with Crippen LogP contribution in [-0.2, 0) is 9.53 Å². The van der Waals surface area contributed by atoms with Crippen LogP contribution in [-0.4, -0.2) is 49.0 Å². The Labute approximate surface area is 205 Å². The number of fused-ring (bicyclic) bond motifs is 3. The lowest BCUT2D eigenvalue weighted by molar-refractivity contribution is -0.113. The summed E-state index contributed by atoms with van der Waals surface area (Å²) >= 11 is 1.25. The van der Waals surface area contributed by atoms with Crippen molar-refractivity contribution in [3.8, 4) is 11.3 Å². The molecule has 9 nitrogen and oxygen atoms in total. The van der Waals surface area contributed by atoms with Gasteiger partial charge in [-0.2, -0.15) is 5.10 Å². The number of rotatable bonds is 6. The maximum atomic E-state index is 12.6. The number of hydrogen-bond acceptors (Lipinski definition) is 7. The maximum Gasteiger partial charge on any atom is 0.339 e. The quantitative estimate of drug-likeness (QED) is 0.284. The van der Waals surface area contributed by atoms with E-state index >= 15 is 0 Å². The van der Waals surface area contributed by atoms with E-state index in [-0.39, 0.29) is 11.7 Å². The van der Waals surface area contributed by atoms with Crippen molar-refractivity contribution in [1.29, 1.82) is 0 Å². The summed E-state index contributed by atoms with van der Waals surface area (Å²) in [5.41, 5.74) is 6.48. The van der Waals surface area contributed by atoms with Crippen LogP contribution < -0.4 is 5.32 Å². The average Bonchev–Trinajstić information content (AvgIpc) is 3.48. The molecule has 0 saturated heterocycles. The highest BCUT2D eigenvalue weighted by Crippen LogP contribution is 2.26. The SMILES string of the molecule is COC(=O)c1ccccc1NC(=O)CSc1nnc2c3cc(-c4ccc(C)c(C)c4)nn3ccn12. The maximum absolute atomic E-state index is 12.6. The summed E-state index contributed by atoms with van der Waals surface area (Å²) in [5.74, 6) is -0.693. The lowest BCUT2D eigenvalue weighted by Crippen LogP contribution is -2.17. The molecule has 0 aliphatic rings. The molecule has 3 aromatic heterocycles. The van der Waals surface area contributed by atoms with Crippen LogP contribution in [0.1, 0.15) is 21.5 Å². The number of ether oxygens (including phenoxy) is 1. The third kappa shape index (κ3) is 4.35. The molecule has 1 amide bonds. The number of hydrogen-bond donors (Lipinski definition) is 1. The van der Waals surface area contributed by atoms with Crippen molar-refractivity contribution < 1.29 is 14.3 Å². The number of methoxy groups -OCH3 is 1. The normalized spacial score (nSPS) is 11.2. The molecule has 0 aliphatic carbocycles. The lowest BCUT2D eigenvalue weighted by Gasteiger charge is -2.09. The van der Waals surface area contributed by atoms with Crippen LogP contribution in [0.4, 0.5) is 5.69 Å². The van der Waals surface area contributed by atoms with Gasteiger partial charge in [0.1, 0.15) is 5.52 Å². The van der Waals surface area contributed by atoms with Gasteiger partial charge in [-0.15, -0.1) is 10.2 Å². The van der Waals surface area contributed by atoms with Crippen molar-refractivity contribution in [3.63, 3.8) is 0 Å². The predicted molar refractivity (Wildman–Crippen MR) is 134 cm³/mol. The molecule has 1 N–H and O–H groups in total. The molecule has 0 atom stereocenters. The third-order valence-electron chi connectivity index (χ3n) is 5.73. The molecule has 176 valence electrons. The van der Waals surface area contributed by atoms with Gasteiger partial charge in [0.25, 0.3) is 0 Å². The van der Waals surface area contributed by atoms with Gasteiger partial charge in [-0.1, -0.05) is 36.0 Å². The Hall–Kier alpha value is -4.18. The van der Waals surface area contributed by atoms with Gasteiger partial charge in [0.15, 0.2) is 10.8 Å². The van der Waals surface area contributed by atoms with Gasteiger partial charge in [-0.25, -0.2) is 9.31 Å². The van der Waals surface area contributed by atoms with Crippen LogP contribution in [0.3, 0.4) is 0 Å². The fraction of sp³-hybridized carbons (Fsp3) is 0.160. The number of aryl methyl sites for hydroxylation is 2. The summed E-state index contributed by atoms with van der Waals surface area (Å²) in [6.07, 6.45) is 3.67. The summed E-state index contributed by atoms with van der Waals surface area (Å²) < 4.78 is 8.39. The van der Waals surface area contributed by atoms with E-state index in [0.717, 1.165) is 16.8 Å². The first-order valence-electron chi connectivity index (χ1n) is 10.9. The summed E-state index contributed by atoms with van der Waals surface area (Å²) in [4.78, 5) is 24.5. The zero-order valence-corrected chi connectivity index (χ0v) is 20.2. The smallest absolute Gasteiger partial charge is 0.339 e. The monoisotopic (exact) mass is 486 g/mol. The largest absolute Gasteiger partial charge is 0.465 e. The molecule has 0 radical (unpaired) electrons. The van der Waals surface area contributed by atoms with Gasteiger partial charge in [-0.05, 0) is 49.2 Å². The minimum atomic E-state index is -0.512. The Kier molecular flexibility index (Phi) is 5.96. The minimum Gasteiger partial charge on any atom is -0.465 e. The number of nitrogens with one attached hydrogen (secondary N) is 1. The van der Waals surface area contributed by atoms with Gasteiger partial charge in [0.05, 0.1) is 29.8 Å². The van der Waals surface area contributed by atoms with Gasteiger partial charge >= 0.3 is 5.97 Å². The number of thioether (sulfide) groups is 1. The van der Waals surface area contributed by atoms with Crippen LogP contribution in [0.25, 0.3) is 22.4 Å². The van der Waals surface area contributed by atoms with Crippen molar-refractivity contribution in [2.75, 3.05) is 18.2 Å². The highest BCUT2D eigenvalue weighted by atomic mass is 32.2. The second kappa shape index (κ2) is 9.22. The number of esters is 1. The Morgan fingerprint density at radius 2 is 1.86 bits per heavy atom. The molecule has 0 aliphatic heterocycles. The van der Waals surface area contributed by atoms with Crippen LogP contribution in [0.2, 0.25) is 0 Å². The van der Waals surface area contributed by atoms with Gasteiger partial charge in [0.2, 0.25) is 5.91 Å². The standard InChI is InChI=1S/C25H22N6O3S/c1-15-8-9-17(12-16(15)2)20-13-21-23-27-28-25(30(23)10-11-31(21)29-20)35-14-22(32)26-19-7-5-4-6-18(19)24(33)34-3/h4-13H,14H2,1-3H3,(H,26,32). The molecule has 0 bridgehead atoms. The topological polar surface area (TPSA) is 103 Å². The number of para-hydroxylation sites is 1. The third-order valence-corrected chi connectivity index (χ3v) is 6.67. The van der Waals surface area contributed by atoms with Crippen molar-refractivity contribution >= 4 is 40.5 Å². The molecule has 0 fully saturated rings. The molecule has 0 unspecified atom stereocenters. The Morgan fingerprint density at radius 1 is 1.03 bits per heavy atom. The molecular formula is C25H22N6O3S. The number of nitrogens with zero attached hydrogens (tertiary/aromatic N) is 5. The minimum absolute atomic E-state index is 0.0919. The van der Waals surface area contributed by atoms with Crippen molar-refractivity contribution in [2.45, 2.75) is 19.0 Å². The Balaban J connectivity index is 1.36. The molecule has 3 heterocycles. The summed E-state index contributed by atoms with van der Waals surface area (Å²) in [5, 5.41) is 16.6. The predicted octanol–water partition coefficient (Wildman–Crippen LogP) is 4.18. The molecule has 5 aromatic rings. The van der Waals surface area contributed by atoms with E-state index in [0.29, 0.717) is 22.1 Å². The van der Waals surface area contributed by atoms with Crippen LogP contribution in [0, 0.1) is 13.8 Å². The second-order valence-electron chi connectivity index (χ2n) is 8.01. The zero-order chi connectivity index (χ0) is 24.5. The molecule has 2 aromatic carbocycles. The van der Waals surface area contributed by atoms with Crippen molar-refractivity contribution in [1.82, 2.24) is 24.2 Å². The van der Waals surface area contributed by atoms with Gasteiger partial charge in [-0.3, -0.25) is 9.20 Å². The van der Waals surface area contributed by atoms with Crippen LogP contribution >= 0.6 is 11.8 Å². The summed E-state index contributed by atoms with van der Waals surface area (Å²) in [6.45, 7) is 4.17. The number of amides is 1. The van der Waals surface area contributed by atoms with Crippen molar-refractivity contribution in [3.05, 3.63) is 77.6 Å². The number of aromatic nitrogens is 5. The van der Waals surface area contributed by atoms with E-state index < -0.39 is 5.97 Å². The number of benzene rings is 2. The lowest BCUT2D eigenvalue weighted by atomic mass is 10.0. The molecule has 0 spiro atoms. The summed E-state index contributed by atoms with van der Waals surface area (Å²) in [6, 6.07) is 15.0. The Bertz CT molecular complexity index is 1590. The van der Waals surface area contributed by atoms with E-state index in [1.807, 2.05) is 22.9 Å². The second-order valence-corrected chi connectivity index (χ2v) is 8.95.